The molecule has 2 rings (SSSR count). The highest BCUT2D eigenvalue weighted by Gasteiger charge is 2.30. The number of hydrogen-bond acceptors (Lipinski definition) is 3. The molecule has 2 unspecified atom stereocenters. The van der Waals surface area contributed by atoms with E-state index in [2.05, 4.69) is 42.9 Å². The van der Waals surface area contributed by atoms with Crippen molar-refractivity contribution in [3.8, 4) is 0 Å². The summed E-state index contributed by atoms with van der Waals surface area (Å²) in [5.74, 6) is 0.915. The maximum Gasteiger partial charge on any atom is 0.0125 e. The number of hydrogen-bond donors (Lipinski definition) is 1. The fourth-order valence-corrected chi connectivity index (χ4v) is 3.71. The van der Waals surface area contributed by atoms with Crippen molar-refractivity contribution in [1.29, 1.82) is 0 Å². The van der Waals surface area contributed by atoms with Gasteiger partial charge < -0.3 is 10.2 Å². The first-order chi connectivity index (χ1) is 9.08. The van der Waals surface area contributed by atoms with E-state index in [1.807, 2.05) is 0 Å². The predicted molar refractivity (Wildman–Crippen MR) is 82.5 cm³/mol. The van der Waals surface area contributed by atoms with Crippen LogP contribution in [0.25, 0.3) is 0 Å². The van der Waals surface area contributed by atoms with Gasteiger partial charge in [-0.3, -0.25) is 4.90 Å². The molecule has 112 valence electrons. The summed E-state index contributed by atoms with van der Waals surface area (Å²) in [5.41, 5.74) is 0. The van der Waals surface area contributed by atoms with Gasteiger partial charge in [0.25, 0.3) is 0 Å². The van der Waals surface area contributed by atoms with Crippen molar-refractivity contribution >= 4 is 0 Å². The summed E-state index contributed by atoms with van der Waals surface area (Å²) in [7, 11) is 2.27. The quantitative estimate of drug-likeness (QED) is 0.842. The molecule has 0 amide bonds. The minimum atomic E-state index is 0.690. The molecule has 2 aliphatic heterocycles. The molecule has 0 aromatic heterocycles. The van der Waals surface area contributed by atoms with Gasteiger partial charge in [0.2, 0.25) is 0 Å². The van der Waals surface area contributed by atoms with Crippen molar-refractivity contribution in [2.45, 2.75) is 64.6 Å². The van der Waals surface area contributed by atoms with Crippen LogP contribution in [-0.4, -0.2) is 61.2 Å². The Bertz CT molecular complexity index is 261. The molecular weight excluding hydrogens is 234 g/mol. The Hall–Kier alpha value is -0.120. The zero-order valence-corrected chi connectivity index (χ0v) is 13.4. The summed E-state index contributed by atoms with van der Waals surface area (Å²) in [4.78, 5) is 5.32. The van der Waals surface area contributed by atoms with Gasteiger partial charge in [0.15, 0.2) is 0 Å². The van der Waals surface area contributed by atoms with E-state index < -0.39 is 0 Å². The second-order valence-corrected chi connectivity index (χ2v) is 6.99. The number of rotatable bonds is 4. The standard InChI is InChI=1S/C16H33N3/c1-13(2)19(12-15-5-8-17-9-6-15)16-7-10-18(4)14(3)11-16/h13-17H,5-12H2,1-4H3. The molecule has 0 radical (unpaired) electrons. The van der Waals surface area contributed by atoms with Crippen molar-refractivity contribution in [1.82, 2.24) is 15.1 Å². The minimum Gasteiger partial charge on any atom is -0.317 e. The molecular formula is C16H33N3. The van der Waals surface area contributed by atoms with Gasteiger partial charge in [-0.25, -0.2) is 0 Å². The third kappa shape index (κ3) is 4.17. The first kappa shape index (κ1) is 15.3. The molecule has 2 aliphatic rings. The molecule has 1 N–H and O–H groups in total. The third-order valence-electron chi connectivity index (χ3n) is 5.24. The van der Waals surface area contributed by atoms with Crippen molar-refractivity contribution in [2.24, 2.45) is 5.92 Å². The summed E-state index contributed by atoms with van der Waals surface area (Å²) < 4.78 is 0. The predicted octanol–water partition coefficient (Wildman–Crippen LogP) is 2.18. The summed E-state index contributed by atoms with van der Waals surface area (Å²) in [6.45, 7) is 12.2. The van der Waals surface area contributed by atoms with E-state index in [0.717, 1.165) is 18.0 Å². The molecule has 2 heterocycles. The fraction of sp³-hybridized carbons (Fsp3) is 1.00. The van der Waals surface area contributed by atoms with Gasteiger partial charge in [-0.1, -0.05) is 0 Å². The lowest BCUT2D eigenvalue weighted by molar-refractivity contribution is 0.0515. The van der Waals surface area contributed by atoms with Crippen LogP contribution in [0.1, 0.15) is 46.5 Å². The lowest BCUT2D eigenvalue weighted by Gasteiger charge is -2.44. The first-order valence-electron chi connectivity index (χ1n) is 8.24. The normalized spacial score (nSPS) is 31.3. The molecule has 3 heteroatoms. The van der Waals surface area contributed by atoms with Crippen LogP contribution in [0.2, 0.25) is 0 Å². The van der Waals surface area contributed by atoms with Crippen LogP contribution >= 0.6 is 0 Å². The molecule has 0 bridgehead atoms. The average Bonchev–Trinajstić information content (AvgIpc) is 2.40. The van der Waals surface area contributed by atoms with E-state index in [1.54, 1.807) is 0 Å². The second kappa shape index (κ2) is 7.05. The summed E-state index contributed by atoms with van der Waals surface area (Å²) >= 11 is 0. The van der Waals surface area contributed by atoms with Gasteiger partial charge in [0, 0.05) is 24.7 Å². The highest BCUT2D eigenvalue weighted by atomic mass is 15.2. The van der Waals surface area contributed by atoms with E-state index in [0.29, 0.717) is 6.04 Å². The van der Waals surface area contributed by atoms with E-state index in [9.17, 15) is 0 Å². The SMILES string of the molecule is CC1CC(N(CC2CCNCC2)C(C)C)CCN1C. The van der Waals surface area contributed by atoms with Crippen molar-refractivity contribution in [3.63, 3.8) is 0 Å². The topological polar surface area (TPSA) is 18.5 Å². The first-order valence-corrected chi connectivity index (χ1v) is 8.24. The van der Waals surface area contributed by atoms with Crippen molar-refractivity contribution in [2.75, 3.05) is 33.2 Å². The summed E-state index contributed by atoms with van der Waals surface area (Å²) in [6, 6.07) is 2.24. The summed E-state index contributed by atoms with van der Waals surface area (Å²) in [5, 5.41) is 3.48. The zero-order valence-electron chi connectivity index (χ0n) is 13.4. The van der Waals surface area contributed by atoms with Crippen LogP contribution in [-0.2, 0) is 0 Å². The van der Waals surface area contributed by atoms with Crippen molar-refractivity contribution in [3.05, 3.63) is 0 Å². The Kier molecular flexibility index (Phi) is 5.67. The van der Waals surface area contributed by atoms with Crippen molar-refractivity contribution < 1.29 is 0 Å². The molecule has 2 atom stereocenters. The number of nitrogens with one attached hydrogen (secondary N) is 1. The van der Waals surface area contributed by atoms with E-state index in [4.69, 9.17) is 0 Å². The second-order valence-electron chi connectivity index (χ2n) is 6.99. The van der Waals surface area contributed by atoms with Crippen LogP contribution in [0.3, 0.4) is 0 Å². The van der Waals surface area contributed by atoms with Crippen LogP contribution in [0.15, 0.2) is 0 Å². The monoisotopic (exact) mass is 267 g/mol. The van der Waals surface area contributed by atoms with Crippen LogP contribution < -0.4 is 5.32 Å². The molecule has 3 nitrogen and oxygen atoms in total. The molecule has 0 aromatic carbocycles. The molecule has 2 saturated heterocycles. The molecule has 0 spiro atoms. The summed E-state index contributed by atoms with van der Waals surface area (Å²) in [6.07, 6.45) is 5.43. The molecule has 0 saturated carbocycles. The van der Waals surface area contributed by atoms with Gasteiger partial charge in [-0.2, -0.15) is 0 Å². The average molecular weight is 267 g/mol. The van der Waals surface area contributed by atoms with Gasteiger partial charge in [0.05, 0.1) is 0 Å². The van der Waals surface area contributed by atoms with Crippen LogP contribution in [0.4, 0.5) is 0 Å². The maximum absolute atomic E-state index is 3.48. The Morgan fingerprint density at radius 1 is 1.21 bits per heavy atom. The van der Waals surface area contributed by atoms with Gasteiger partial charge in [-0.15, -0.1) is 0 Å². The molecule has 0 aliphatic carbocycles. The van der Waals surface area contributed by atoms with Gasteiger partial charge >= 0.3 is 0 Å². The molecule has 2 fully saturated rings. The maximum atomic E-state index is 3.48. The van der Waals surface area contributed by atoms with Crippen LogP contribution in [0.5, 0.6) is 0 Å². The zero-order chi connectivity index (χ0) is 13.8. The van der Waals surface area contributed by atoms with Gasteiger partial charge in [-0.05, 0) is 79.1 Å². The van der Waals surface area contributed by atoms with E-state index in [1.165, 1.54) is 51.9 Å². The minimum absolute atomic E-state index is 0.690. The Labute approximate surface area is 119 Å². The Morgan fingerprint density at radius 3 is 2.47 bits per heavy atom. The molecule has 0 aromatic rings. The van der Waals surface area contributed by atoms with Crippen LogP contribution in [0, 0.1) is 5.92 Å². The Morgan fingerprint density at radius 2 is 1.89 bits per heavy atom. The largest absolute Gasteiger partial charge is 0.317 e. The highest BCUT2D eigenvalue weighted by molar-refractivity contribution is 4.86. The Balaban J connectivity index is 1.91. The number of likely N-dealkylation sites (tertiary alicyclic amines) is 1. The number of nitrogens with zero attached hydrogens (tertiary/aromatic N) is 2. The number of piperidine rings is 2. The van der Waals surface area contributed by atoms with E-state index >= 15 is 0 Å². The lowest BCUT2D eigenvalue weighted by atomic mass is 9.92. The highest BCUT2D eigenvalue weighted by Crippen LogP contribution is 2.25. The smallest absolute Gasteiger partial charge is 0.0125 e. The fourth-order valence-electron chi connectivity index (χ4n) is 3.71. The lowest BCUT2D eigenvalue weighted by Crippen LogP contribution is -2.51. The van der Waals surface area contributed by atoms with E-state index in [-0.39, 0.29) is 0 Å². The third-order valence-corrected chi connectivity index (χ3v) is 5.24. The van der Waals surface area contributed by atoms with Gasteiger partial charge in [0.1, 0.15) is 0 Å². The molecule has 19 heavy (non-hydrogen) atoms.